The van der Waals surface area contributed by atoms with Crippen molar-refractivity contribution in [2.45, 2.75) is 12.4 Å². The Kier molecular flexibility index (Phi) is 11.5. The molecule has 374 valence electrons. The van der Waals surface area contributed by atoms with Gasteiger partial charge in [-0.2, -0.15) is 31.6 Å². The molecule has 0 N–H and O–H groups in total. The highest BCUT2D eigenvalue weighted by atomic mass is 19.4. The second-order valence-corrected chi connectivity index (χ2v) is 19.4. The van der Waals surface area contributed by atoms with E-state index in [1.54, 1.807) is 24.3 Å². The summed E-state index contributed by atoms with van der Waals surface area (Å²) in [6.45, 7) is 0. The second kappa shape index (κ2) is 18.7. The normalized spacial score (nSPS) is 12.0. The number of rotatable bonds is 8. The first kappa shape index (κ1) is 47.8. The van der Waals surface area contributed by atoms with E-state index in [-0.39, 0.29) is 5.56 Å². The highest BCUT2D eigenvalue weighted by Crippen LogP contribution is 2.49. The largest absolute Gasteiger partial charge is 0.417 e. The number of hydrogen-bond acceptors (Lipinski definition) is 1. The van der Waals surface area contributed by atoms with E-state index >= 15 is 26.3 Å². The SMILES string of the molecule is N#Cc1ccc(-c2cc(-c3c(C(F)(F)F)cccc3C(F)(F)F)ccc2-n2c3ccc(-c4ccccc4)cc3c3cc(-c4ccccc4)ccc32)c(-n2c3ccc(-c4ccccc4)cc3c3cc(-c4ccccc4)ccc32)c1. The fraction of sp³-hybridized carbons (Fsp3) is 0.0290. The summed E-state index contributed by atoms with van der Waals surface area (Å²) in [5.41, 5.74) is 8.84. The van der Waals surface area contributed by atoms with Crippen molar-refractivity contribution >= 4 is 43.6 Å². The molecule has 78 heavy (non-hydrogen) atoms. The van der Waals surface area contributed by atoms with Crippen LogP contribution in [0.1, 0.15) is 16.7 Å². The van der Waals surface area contributed by atoms with Crippen molar-refractivity contribution in [2.75, 3.05) is 0 Å². The molecular formula is C69H41F6N3. The van der Waals surface area contributed by atoms with Crippen LogP contribution in [0.3, 0.4) is 0 Å². The number of halogens is 6. The Bertz CT molecular complexity index is 4280. The van der Waals surface area contributed by atoms with Crippen LogP contribution in [-0.4, -0.2) is 9.13 Å². The molecule has 3 nitrogen and oxygen atoms in total. The van der Waals surface area contributed by atoms with Crippen molar-refractivity contribution in [1.82, 2.24) is 9.13 Å². The third kappa shape index (κ3) is 8.26. The smallest absolute Gasteiger partial charge is 0.309 e. The molecule has 0 radical (unpaired) electrons. The van der Waals surface area contributed by atoms with Crippen molar-refractivity contribution in [3.05, 3.63) is 265 Å². The lowest BCUT2D eigenvalue weighted by atomic mass is 9.90. The van der Waals surface area contributed by atoms with Gasteiger partial charge in [-0.25, -0.2) is 0 Å². The summed E-state index contributed by atoms with van der Waals surface area (Å²) in [6.07, 6.45) is -10.3. The molecule has 0 atom stereocenters. The average Bonchev–Trinajstić information content (AvgIpc) is 4.02. The maximum absolute atomic E-state index is 15.2. The van der Waals surface area contributed by atoms with Crippen LogP contribution in [0.5, 0.6) is 0 Å². The van der Waals surface area contributed by atoms with Crippen LogP contribution in [0.2, 0.25) is 0 Å². The third-order valence-electron chi connectivity index (χ3n) is 14.8. The van der Waals surface area contributed by atoms with E-state index in [1.807, 2.05) is 174 Å². The molecule has 0 aliphatic heterocycles. The number of nitriles is 1. The zero-order chi connectivity index (χ0) is 53.3. The van der Waals surface area contributed by atoms with Crippen LogP contribution in [-0.2, 0) is 12.4 Å². The molecule has 0 fully saturated rings. The maximum Gasteiger partial charge on any atom is 0.417 e. The standard InChI is InChI=1S/C69H41F6N3/c70-68(71,72)59-22-13-23-60(69(73,74)75)67(59)52-29-35-61(77-62-31-25-48(44-14-5-1-6-15-44)37-55(62)56-38-49(26-32-63(56)77)45-16-7-2-8-17-45)54(41-52)53-30-24-43(42-76)36-66(53)78-64-33-27-50(46-18-9-3-10-19-46)39-57(64)58-40-51(28-34-65(58)78)47-20-11-4-12-21-47/h1-41H. The third-order valence-corrected chi connectivity index (χ3v) is 14.8. The molecule has 0 aliphatic rings. The van der Waals surface area contributed by atoms with Gasteiger partial charge in [0, 0.05) is 38.2 Å². The molecule has 0 saturated carbocycles. The van der Waals surface area contributed by atoms with E-state index in [9.17, 15) is 5.26 Å². The number of aromatic nitrogens is 2. The van der Waals surface area contributed by atoms with Crippen molar-refractivity contribution in [2.24, 2.45) is 0 Å². The van der Waals surface area contributed by atoms with Gasteiger partial charge < -0.3 is 9.13 Å². The molecule has 13 rings (SSSR count). The fourth-order valence-corrected chi connectivity index (χ4v) is 11.3. The van der Waals surface area contributed by atoms with E-state index in [2.05, 4.69) is 34.9 Å². The Labute approximate surface area is 444 Å². The van der Waals surface area contributed by atoms with E-state index in [0.29, 0.717) is 40.2 Å². The summed E-state index contributed by atoms with van der Waals surface area (Å²) in [5.74, 6) is 0. The number of benzene rings is 11. The molecule has 2 heterocycles. The minimum atomic E-state index is -5.14. The van der Waals surface area contributed by atoms with Gasteiger partial charge in [0.25, 0.3) is 0 Å². The highest BCUT2D eigenvalue weighted by molar-refractivity contribution is 6.14. The molecular weight excluding hydrogens is 985 g/mol. The first-order valence-electron chi connectivity index (χ1n) is 25.3. The predicted molar refractivity (Wildman–Crippen MR) is 302 cm³/mol. The number of nitrogens with zero attached hydrogens (tertiary/aromatic N) is 3. The zero-order valence-corrected chi connectivity index (χ0v) is 41.3. The van der Waals surface area contributed by atoms with Gasteiger partial charge in [-0.1, -0.05) is 164 Å². The minimum absolute atomic E-state index is 0.287. The van der Waals surface area contributed by atoms with Crippen LogP contribution < -0.4 is 0 Å². The summed E-state index contributed by atoms with van der Waals surface area (Å²) in [4.78, 5) is 0. The lowest BCUT2D eigenvalue weighted by Gasteiger charge is -2.22. The average molecular weight is 1030 g/mol. The molecule has 0 unspecified atom stereocenters. The van der Waals surface area contributed by atoms with Gasteiger partial charge in [-0.15, -0.1) is 0 Å². The van der Waals surface area contributed by atoms with Gasteiger partial charge >= 0.3 is 12.4 Å². The Balaban J connectivity index is 1.15. The van der Waals surface area contributed by atoms with Crippen molar-refractivity contribution in [3.8, 4) is 84.2 Å². The minimum Gasteiger partial charge on any atom is -0.309 e. The Morgan fingerprint density at radius 1 is 0.295 bits per heavy atom. The van der Waals surface area contributed by atoms with Gasteiger partial charge in [-0.05, 0) is 135 Å². The quantitative estimate of drug-likeness (QED) is 0.140. The fourth-order valence-electron chi connectivity index (χ4n) is 11.3. The maximum atomic E-state index is 15.2. The molecule has 0 amide bonds. The summed E-state index contributed by atoms with van der Waals surface area (Å²) in [7, 11) is 0. The molecule has 13 aromatic rings. The van der Waals surface area contributed by atoms with E-state index in [4.69, 9.17) is 0 Å². The van der Waals surface area contributed by atoms with Crippen LogP contribution in [0.15, 0.2) is 249 Å². The Hall–Kier alpha value is -9.91. The van der Waals surface area contributed by atoms with Crippen LogP contribution in [0, 0.1) is 11.3 Å². The van der Waals surface area contributed by atoms with E-state index < -0.39 is 29.0 Å². The lowest BCUT2D eigenvalue weighted by Crippen LogP contribution is -2.14. The van der Waals surface area contributed by atoms with Gasteiger partial charge in [0.05, 0.1) is 56.2 Å². The van der Waals surface area contributed by atoms with Crippen molar-refractivity contribution < 1.29 is 26.3 Å². The first-order valence-corrected chi connectivity index (χ1v) is 25.3. The molecule has 2 aromatic heterocycles. The second-order valence-electron chi connectivity index (χ2n) is 19.4. The topological polar surface area (TPSA) is 33.6 Å². The van der Waals surface area contributed by atoms with E-state index in [1.165, 1.54) is 12.1 Å². The number of fused-ring (bicyclic) bond motifs is 6. The zero-order valence-electron chi connectivity index (χ0n) is 41.3. The Morgan fingerprint density at radius 2 is 0.654 bits per heavy atom. The van der Waals surface area contributed by atoms with Crippen LogP contribution in [0.25, 0.3) is 122 Å². The van der Waals surface area contributed by atoms with Crippen molar-refractivity contribution in [3.63, 3.8) is 0 Å². The lowest BCUT2D eigenvalue weighted by molar-refractivity contribution is -0.142. The van der Waals surface area contributed by atoms with Gasteiger partial charge in [0.15, 0.2) is 0 Å². The molecule has 9 heteroatoms. The van der Waals surface area contributed by atoms with Gasteiger partial charge in [0.1, 0.15) is 0 Å². The number of hydrogen-bond donors (Lipinski definition) is 0. The van der Waals surface area contributed by atoms with E-state index in [0.717, 1.165) is 94.2 Å². The summed E-state index contributed by atoms with van der Waals surface area (Å²) in [6, 6.07) is 78.7. The Morgan fingerprint density at radius 3 is 1.01 bits per heavy atom. The number of alkyl halides is 6. The highest BCUT2D eigenvalue weighted by Gasteiger charge is 2.41. The monoisotopic (exact) mass is 1030 g/mol. The molecule has 11 aromatic carbocycles. The summed E-state index contributed by atoms with van der Waals surface area (Å²) in [5, 5.41) is 14.2. The van der Waals surface area contributed by atoms with Crippen LogP contribution in [0.4, 0.5) is 26.3 Å². The van der Waals surface area contributed by atoms with Crippen molar-refractivity contribution in [1.29, 1.82) is 5.26 Å². The van der Waals surface area contributed by atoms with Gasteiger partial charge in [0.2, 0.25) is 0 Å². The molecule has 0 spiro atoms. The molecule has 0 saturated heterocycles. The molecule has 0 aliphatic carbocycles. The molecule has 0 bridgehead atoms. The predicted octanol–water partition coefficient (Wildman–Crippen LogP) is 19.8. The van der Waals surface area contributed by atoms with Gasteiger partial charge in [-0.3, -0.25) is 0 Å². The summed E-state index contributed by atoms with van der Waals surface area (Å²) < 4.78 is 95.2. The summed E-state index contributed by atoms with van der Waals surface area (Å²) >= 11 is 0. The first-order chi connectivity index (χ1) is 37.9. The van der Waals surface area contributed by atoms with Crippen LogP contribution >= 0.6 is 0 Å².